The summed E-state index contributed by atoms with van der Waals surface area (Å²) >= 11 is 1.36. The zero-order valence-electron chi connectivity index (χ0n) is 18.9. The summed E-state index contributed by atoms with van der Waals surface area (Å²) in [7, 11) is 0. The topological polar surface area (TPSA) is 130 Å². The summed E-state index contributed by atoms with van der Waals surface area (Å²) in [5.74, 6) is -1.76. The smallest absolute Gasteiger partial charge is 0.336 e. The summed E-state index contributed by atoms with van der Waals surface area (Å²) < 4.78 is 0. The lowest BCUT2D eigenvalue weighted by atomic mass is 9.96. The second-order valence-electron chi connectivity index (χ2n) is 8.34. The molecule has 35 heavy (non-hydrogen) atoms. The molecule has 4 rings (SSSR count). The highest BCUT2D eigenvalue weighted by atomic mass is 32.2. The standard InChI is InChI=1S/C26H25N3O5S/c27-24(31)17-10-12-29(13-11-17)22(30)15-35-19-7-3-6-18(14-19)28-25(32)20-8-1-4-16-5-2-9-21(23(16)20)26(33)34/h1-9,14,17H,10-13,15H2,(H2,27,31)(H,28,32)(H,33,34). The quantitative estimate of drug-likeness (QED) is 0.433. The van der Waals surface area contributed by atoms with Gasteiger partial charge in [-0.2, -0.15) is 0 Å². The van der Waals surface area contributed by atoms with Gasteiger partial charge in [0.05, 0.1) is 11.3 Å². The lowest BCUT2D eigenvalue weighted by Crippen LogP contribution is -2.42. The number of rotatable bonds is 7. The van der Waals surface area contributed by atoms with Gasteiger partial charge in [0, 0.05) is 40.5 Å². The zero-order valence-corrected chi connectivity index (χ0v) is 19.7. The normalized spacial score (nSPS) is 14.0. The fourth-order valence-electron chi connectivity index (χ4n) is 4.22. The van der Waals surface area contributed by atoms with Gasteiger partial charge in [-0.15, -0.1) is 11.8 Å². The molecule has 0 saturated carbocycles. The highest BCUT2D eigenvalue weighted by Gasteiger charge is 2.25. The van der Waals surface area contributed by atoms with Crippen molar-refractivity contribution in [3.05, 3.63) is 71.8 Å². The number of fused-ring (bicyclic) bond motifs is 1. The van der Waals surface area contributed by atoms with Crippen LogP contribution in [-0.4, -0.2) is 52.5 Å². The minimum Gasteiger partial charge on any atom is -0.478 e. The van der Waals surface area contributed by atoms with Gasteiger partial charge in [0.2, 0.25) is 11.8 Å². The van der Waals surface area contributed by atoms with E-state index in [2.05, 4.69) is 5.32 Å². The van der Waals surface area contributed by atoms with Crippen LogP contribution in [0.5, 0.6) is 0 Å². The third-order valence-corrected chi connectivity index (χ3v) is 7.06. The van der Waals surface area contributed by atoms with E-state index in [4.69, 9.17) is 5.73 Å². The molecule has 0 bridgehead atoms. The molecule has 8 nitrogen and oxygen atoms in total. The molecule has 180 valence electrons. The predicted octanol–water partition coefficient (Wildman–Crippen LogP) is 3.61. The van der Waals surface area contributed by atoms with Crippen molar-refractivity contribution < 1.29 is 24.3 Å². The van der Waals surface area contributed by atoms with Crippen LogP contribution in [0.15, 0.2) is 65.6 Å². The summed E-state index contributed by atoms with van der Waals surface area (Å²) in [6, 6.07) is 17.1. The number of nitrogens with zero attached hydrogens (tertiary/aromatic N) is 1. The number of amides is 3. The Morgan fingerprint density at radius 1 is 0.971 bits per heavy atom. The van der Waals surface area contributed by atoms with Crippen molar-refractivity contribution >= 4 is 51.9 Å². The summed E-state index contributed by atoms with van der Waals surface area (Å²) in [4.78, 5) is 51.2. The van der Waals surface area contributed by atoms with E-state index in [1.807, 2.05) is 6.07 Å². The van der Waals surface area contributed by atoms with Gasteiger partial charge in [0.15, 0.2) is 0 Å². The van der Waals surface area contributed by atoms with Crippen LogP contribution in [0.2, 0.25) is 0 Å². The van der Waals surface area contributed by atoms with E-state index in [0.717, 1.165) is 4.90 Å². The van der Waals surface area contributed by atoms with Crippen LogP contribution in [0.3, 0.4) is 0 Å². The first-order valence-corrected chi connectivity index (χ1v) is 12.2. The van der Waals surface area contributed by atoms with Gasteiger partial charge < -0.3 is 21.1 Å². The Labute approximate surface area is 206 Å². The van der Waals surface area contributed by atoms with Crippen LogP contribution >= 0.6 is 11.8 Å². The molecule has 0 aliphatic carbocycles. The largest absolute Gasteiger partial charge is 0.478 e. The molecule has 0 atom stereocenters. The number of carbonyl (C=O) groups excluding carboxylic acids is 3. The number of hydrogen-bond donors (Lipinski definition) is 3. The Morgan fingerprint density at radius 3 is 2.29 bits per heavy atom. The molecule has 3 aromatic carbocycles. The first-order valence-electron chi connectivity index (χ1n) is 11.2. The SMILES string of the molecule is NC(=O)C1CCN(C(=O)CSc2cccc(NC(=O)c3cccc4cccc(C(=O)O)c34)c2)CC1. The molecule has 1 heterocycles. The van der Waals surface area contributed by atoms with E-state index in [9.17, 15) is 24.3 Å². The van der Waals surface area contributed by atoms with Crippen molar-refractivity contribution in [3.63, 3.8) is 0 Å². The number of piperidine rings is 1. The monoisotopic (exact) mass is 491 g/mol. The fourth-order valence-corrected chi connectivity index (χ4v) is 5.08. The molecule has 0 aromatic heterocycles. The maximum atomic E-state index is 13.1. The van der Waals surface area contributed by atoms with Crippen LogP contribution in [0.25, 0.3) is 10.8 Å². The lowest BCUT2D eigenvalue weighted by molar-refractivity contribution is -0.132. The molecule has 4 N–H and O–H groups in total. The number of likely N-dealkylation sites (tertiary alicyclic amines) is 1. The highest BCUT2D eigenvalue weighted by molar-refractivity contribution is 8.00. The summed E-state index contributed by atoms with van der Waals surface area (Å²) in [6.45, 7) is 1.04. The number of aromatic carboxylic acids is 1. The van der Waals surface area contributed by atoms with Gasteiger partial charge in [0.1, 0.15) is 0 Å². The number of benzene rings is 3. The molecule has 3 amide bonds. The Kier molecular flexibility index (Phi) is 7.36. The van der Waals surface area contributed by atoms with Crippen molar-refractivity contribution in [1.82, 2.24) is 4.90 Å². The van der Waals surface area contributed by atoms with Crippen LogP contribution in [-0.2, 0) is 9.59 Å². The van der Waals surface area contributed by atoms with E-state index < -0.39 is 11.9 Å². The van der Waals surface area contributed by atoms with E-state index in [1.165, 1.54) is 17.8 Å². The average molecular weight is 492 g/mol. The zero-order chi connectivity index (χ0) is 24.9. The Balaban J connectivity index is 1.42. The number of hydrogen-bond acceptors (Lipinski definition) is 5. The molecular weight excluding hydrogens is 466 g/mol. The van der Waals surface area contributed by atoms with Crippen LogP contribution < -0.4 is 11.1 Å². The van der Waals surface area contributed by atoms with Crippen molar-refractivity contribution in [2.45, 2.75) is 17.7 Å². The first-order chi connectivity index (χ1) is 16.8. The number of primary amides is 1. The van der Waals surface area contributed by atoms with Crippen LogP contribution in [0, 0.1) is 5.92 Å². The maximum Gasteiger partial charge on any atom is 0.336 e. The van der Waals surface area contributed by atoms with Gasteiger partial charge in [-0.1, -0.05) is 30.3 Å². The Bertz CT molecular complexity index is 1300. The summed E-state index contributed by atoms with van der Waals surface area (Å²) in [6.07, 6.45) is 1.18. The van der Waals surface area contributed by atoms with Gasteiger partial charge in [-0.25, -0.2) is 4.79 Å². The third-order valence-electron chi connectivity index (χ3n) is 6.08. The molecule has 1 fully saturated rings. The number of carbonyl (C=O) groups is 4. The predicted molar refractivity (Wildman–Crippen MR) is 135 cm³/mol. The number of anilines is 1. The van der Waals surface area contributed by atoms with Gasteiger partial charge in [-0.3, -0.25) is 14.4 Å². The molecule has 9 heteroatoms. The molecular formula is C26H25N3O5S. The van der Waals surface area contributed by atoms with Gasteiger partial charge >= 0.3 is 5.97 Å². The van der Waals surface area contributed by atoms with Gasteiger partial charge in [-0.05, 0) is 48.6 Å². The number of carboxylic acids is 1. The minimum atomic E-state index is -1.10. The van der Waals surface area contributed by atoms with E-state index in [1.54, 1.807) is 53.4 Å². The van der Waals surface area contributed by atoms with E-state index in [-0.39, 0.29) is 34.6 Å². The van der Waals surface area contributed by atoms with E-state index in [0.29, 0.717) is 42.4 Å². The van der Waals surface area contributed by atoms with Crippen LogP contribution in [0.4, 0.5) is 5.69 Å². The van der Waals surface area contributed by atoms with Crippen molar-refractivity contribution in [3.8, 4) is 0 Å². The van der Waals surface area contributed by atoms with Crippen molar-refractivity contribution in [2.24, 2.45) is 11.7 Å². The Hall–Kier alpha value is -3.85. The Morgan fingerprint density at radius 2 is 1.63 bits per heavy atom. The minimum absolute atomic E-state index is 0.00989. The van der Waals surface area contributed by atoms with Crippen molar-refractivity contribution in [1.29, 1.82) is 0 Å². The molecule has 1 saturated heterocycles. The molecule has 0 radical (unpaired) electrons. The van der Waals surface area contributed by atoms with Crippen molar-refractivity contribution in [2.75, 3.05) is 24.2 Å². The summed E-state index contributed by atoms with van der Waals surface area (Å²) in [5, 5.41) is 13.5. The number of thioether (sulfide) groups is 1. The number of nitrogens with two attached hydrogens (primary N) is 1. The second-order valence-corrected chi connectivity index (χ2v) is 9.39. The van der Waals surface area contributed by atoms with Crippen LogP contribution in [0.1, 0.15) is 33.6 Å². The summed E-state index contributed by atoms with van der Waals surface area (Å²) in [5.41, 5.74) is 6.23. The second kappa shape index (κ2) is 10.6. The first kappa shape index (κ1) is 24.3. The molecule has 0 spiro atoms. The maximum absolute atomic E-state index is 13.1. The highest BCUT2D eigenvalue weighted by Crippen LogP contribution is 2.26. The molecule has 1 aliphatic heterocycles. The number of nitrogens with one attached hydrogen (secondary N) is 1. The fraction of sp³-hybridized carbons (Fsp3) is 0.231. The molecule has 3 aromatic rings. The molecule has 1 aliphatic rings. The third kappa shape index (κ3) is 5.63. The number of carboxylic acid groups (broad SMARTS) is 1. The van der Waals surface area contributed by atoms with E-state index >= 15 is 0 Å². The lowest BCUT2D eigenvalue weighted by Gasteiger charge is -2.30. The molecule has 0 unspecified atom stereocenters. The average Bonchev–Trinajstić information content (AvgIpc) is 2.86. The van der Waals surface area contributed by atoms with Gasteiger partial charge in [0.25, 0.3) is 5.91 Å².